The molecule has 1 aliphatic rings. The van der Waals surface area contributed by atoms with Crippen LogP contribution in [0.25, 0.3) is 0 Å². The molecule has 3 rings (SSSR count). The molecule has 0 atom stereocenters. The predicted molar refractivity (Wildman–Crippen MR) is 115 cm³/mol. The quantitative estimate of drug-likeness (QED) is 0.391. The van der Waals surface area contributed by atoms with Gasteiger partial charge in [-0.2, -0.15) is 0 Å². The Morgan fingerprint density at radius 3 is 2.00 bits per heavy atom. The summed E-state index contributed by atoms with van der Waals surface area (Å²) in [6.07, 6.45) is 17.7. The fourth-order valence-corrected chi connectivity index (χ4v) is 4.20. The summed E-state index contributed by atoms with van der Waals surface area (Å²) in [7, 11) is 0. The molecule has 1 heteroatoms. The highest BCUT2D eigenvalue weighted by molar-refractivity contribution is 5.42. The lowest BCUT2D eigenvalue weighted by Crippen LogP contribution is -2.15. The molecule has 1 saturated carbocycles. The maximum atomic E-state index is 4.02. The summed E-state index contributed by atoms with van der Waals surface area (Å²) < 4.78 is 0. The second-order valence-corrected chi connectivity index (χ2v) is 8.10. The molecule has 2 aromatic rings. The summed E-state index contributed by atoms with van der Waals surface area (Å²) in [5, 5.41) is 0. The molecule has 0 spiro atoms. The molecule has 1 aromatic heterocycles. The molecule has 0 unspecified atom stereocenters. The summed E-state index contributed by atoms with van der Waals surface area (Å²) in [6, 6.07) is 12.7. The SMILES string of the molecule is CCCCCC1CCC(CCc2ccc(C#Cc3ccncc3)cc2)CC1. The van der Waals surface area contributed by atoms with Crippen LogP contribution in [0.4, 0.5) is 0 Å². The third kappa shape index (κ3) is 6.87. The molecule has 27 heavy (non-hydrogen) atoms. The van der Waals surface area contributed by atoms with Crippen LogP contribution in [-0.4, -0.2) is 4.98 Å². The first-order chi connectivity index (χ1) is 13.3. The van der Waals surface area contributed by atoms with Crippen LogP contribution >= 0.6 is 0 Å². The number of hydrogen-bond acceptors (Lipinski definition) is 1. The van der Waals surface area contributed by atoms with E-state index in [0.717, 1.165) is 23.0 Å². The van der Waals surface area contributed by atoms with Gasteiger partial charge >= 0.3 is 0 Å². The summed E-state index contributed by atoms with van der Waals surface area (Å²) in [4.78, 5) is 4.02. The minimum Gasteiger partial charge on any atom is -0.265 e. The lowest BCUT2D eigenvalue weighted by atomic mass is 9.78. The van der Waals surface area contributed by atoms with Crippen LogP contribution in [0.5, 0.6) is 0 Å². The van der Waals surface area contributed by atoms with Gasteiger partial charge in [0.25, 0.3) is 0 Å². The fourth-order valence-electron chi connectivity index (χ4n) is 4.20. The Balaban J connectivity index is 1.40. The van der Waals surface area contributed by atoms with Crippen LogP contribution in [0.3, 0.4) is 0 Å². The van der Waals surface area contributed by atoms with Crippen LogP contribution in [0, 0.1) is 23.7 Å². The van der Waals surface area contributed by atoms with E-state index in [0.29, 0.717) is 0 Å². The number of rotatable bonds is 7. The first-order valence-electron chi connectivity index (χ1n) is 10.8. The Kier molecular flexibility index (Phi) is 7.97. The van der Waals surface area contributed by atoms with Gasteiger partial charge in [-0.15, -0.1) is 0 Å². The molecular formula is C26H33N. The van der Waals surface area contributed by atoms with Crippen molar-refractivity contribution in [1.29, 1.82) is 0 Å². The molecule has 0 saturated heterocycles. The van der Waals surface area contributed by atoms with E-state index < -0.39 is 0 Å². The van der Waals surface area contributed by atoms with Crippen LogP contribution in [-0.2, 0) is 6.42 Å². The Labute approximate surface area is 165 Å². The number of pyridine rings is 1. The molecule has 0 N–H and O–H groups in total. The van der Waals surface area contributed by atoms with Crippen molar-refractivity contribution in [3.05, 3.63) is 65.5 Å². The van der Waals surface area contributed by atoms with E-state index in [4.69, 9.17) is 0 Å². The molecule has 0 amide bonds. The standard InChI is InChI=1S/C26H33N/c1-2-3-4-5-22-6-8-23(9-7-22)10-11-24-12-14-25(15-13-24)16-17-26-18-20-27-21-19-26/h12-15,18-23H,2-11H2,1H3. The van der Waals surface area contributed by atoms with Crippen LogP contribution in [0.1, 0.15) is 81.4 Å². The number of hydrogen-bond donors (Lipinski definition) is 0. The van der Waals surface area contributed by atoms with Crippen molar-refractivity contribution in [1.82, 2.24) is 4.98 Å². The Morgan fingerprint density at radius 2 is 1.37 bits per heavy atom. The second-order valence-electron chi connectivity index (χ2n) is 8.10. The Morgan fingerprint density at radius 1 is 0.778 bits per heavy atom. The van der Waals surface area contributed by atoms with Gasteiger partial charge in [-0.25, -0.2) is 0 Å². The van der Waals surface area contributed by atoms with Crippen molar-refractivity contribution in [3.63, 3.8) is 0 Å². The number of aromatic nitrogens is 1. The molecule has 0 aliphatic heterocycles. The molecule has 1 aliphatic carbocycles. The molecule has 1 nitrogen and oxygen atoms in total. The molecule has 1 heterocycles. The van der Waals surface area contributed by atoms with Crippen LogP contribution in [0.2, 0.25) is 0 Å². The summed E-state index contributed by atoms with van der Waals surface area (Å²) >= 11 is 0. The smallest absolute Gasteiger partial charge is 0.0280 e. The van der Waals surface area contributed by atoms with E-state index in [1.54, 1.807) is 12.4 Å². The summed E-state index contributed by atoms with van der Waals surface area (Å²) in [5.41, 5.74) is 3.55. The highest BCUT2D eigenvalue weighted by Crippen LogP contribution is 2.34. The average Bonchev–Trinajstić information content (AvgIpc) is 2.73. The van der Waals surface area contributed by atoms with Crippen molar-refractivity contribution in [2.24, 2.45) is 11.8 Å². The van der Waals surface area contributed by atoms with Gasteiger partial charge < -0.3 is 0 Å². The third-order valence-electron chi connectivity index (χ3n) is 6.01. The van der Waals surface area contributed by atoms with E-state index in [1.165, 1.54) is 69.8 Å². The molecule has 142 valence electrons. The van der Waals surface area contributed by atoms with E-state index in [1.807, 2.05) is 12.1 Å². The second kappa shape index (κ2) is 10.9. The molecule has 0 radical (unpaired) electrons. The van der Waals surface area contributed by atoms with E-state index in [-0.39, 0.29) is 0 Å². The lowest BCUT2D eigenvalue weighted by Gasteiger charge is -2.28. The average molecular weight is 360 g/mol. The van der Waals surface area contributed by atoms with Crippen LogP contribution in [0.15, 0.2) is 48.8 Å². The third-order valence-corrected chi connectivity index (χ3v) is 6.01. The van der Waals surface area contributed by atoms with Gasteiger partial charge in [-0.3, -0.25) is 4.98 Å². The number of aryl methyl sites for hydroxylation is 1. The maximum Gasteiger partial charge on any atom is 0.0280 e. The van der Waals surface area contributed by atoms with E-state index in [2.05, 4.69) is 48.0 Å². The first-order valence-corrected chi connectivity index (χ1v) is 10.8. The molecule has 0 bridgehead atoms. The maximum absolute atomic E-state index is 4.02. The first kappa shape index (κ1) is 19.7. The van der Waals surface area contributed by atoms with Gasteiger partial charge in [0, 0.05) is 23.5 Å². The van der Waals surface area contributed by atoms with Crippen molar-refractivity contribution in [2.45, 2.75) is 71.1 Å². The normalized spacial score (nSPS) is 19.3. The molecule has 1 aromatic carbocycles. The fraction of sp³-hybridized carbons (Fsp3) is 0.500. The van der Waals surface area contributed by atoms with Gasteiger partial charge in [-0.1, -0.05) is 82.3 Å². The van der Waals surface area contributed by atoms with E-state index in [9.17, 15) is 0 Å². The van der Waals surface area contributed by atoms with Gasteiger partial charge in [0.1, 0.15) is 0 Å². The lowest BCUT2D eigenvalue weighted by molar-refractivity contribution is 0.249. The zero-order valence-corrected chi connectivity index (χ0v) is 16.8. The largest absolute Gasteiger partial charge is 0.265 e. The van der Waals surface area contributed by atoms with Crippen LogP contribution < -0.4 is 0 Å². The van der Waals surface area contributed by atoms with Crippen molar-refractivity contribution < 1.29 is 0 Å². The van der Waals surface area contributed by atoms with Gasteiger partial charge in [-0.05, 0) is 54.5 Å². The van der Waals surface area contributed by atoms with Gasteiger partial charge in [0.2, 0.25) is 0 Å². The van der Waals surface area contributed by atoms with Crippen molar-refractivity contribution >= 4 is 0 Å². The predicted octanol–water partition coefficient (Wildman–Crippen LogP) is 6.80. The van der Waals surface area contributed by atoms with Gasteiger partial charge in [0.05, 0.1) is 0 Å². The zero-order chi connectivity index (χ0) is 18.7. The number of nitrogens with zero attached hydrogens (tertiary/aromatic N) is 1. The number of benzene rings is 1. The van der Waals surface area contributed by atoms with Crippen molar-refractivity contribution in [2.75, 3.05) is 0 Å². The van der Waals surface area contributed by atoms with Crippen molar-refractivity contribution in [3.8, 4) is 11.8 Å². The topological polar surface area (TPSA) is 12.9 Å². The minimum absolute atomic E-state index is 0.943. The van der Waals surface area contributed by atoms with E-state index >= 15 is 0 Å². The summed E-state index contributed by atoms with van der Waals surface area (Å²) in [6.45, 7) is 2.30. The minimum atomic E-state index is 0.943. The Bertz CT molecular complexity index is 712. The van der Waals surface area contributed by atoms with Gasteiger partial charge in [0.15, 0.2) is 0 Å². The summed E-state index contributed by atoms with van der Waals surface area (Å²) in [5.74, 6) is 8.40. The number of unbranched alkanes of at least 4 members (excludes halogenated alkanes) is 2. The monoisotopic (exact) mass is 359 g/mol. The molecule has 1 fully saturated rings. The highest BCUT2D eigenvalue weighted by Gasteiger charge is 2.20. The Hall–Kier alpha value is -2.07. The highest BCUT2D eigenvalue weighted by atomic mass is 14.6. The zero-order valence-electron chi connectivity index (χ0n) is 16.8. The molecular weight excluding hydrogens is 326 g/mol.